The fourth-order valence-electron chi connectivity index (χ4n) is 2.63. The third-order valence-corrected chi connectivity index (χ3v) is 3.67. The van der Waals surface area contributed by atoms with Crippen LogP contribution in [0.2, 0.25) is 0 Å². The minimum atomic E-state index is -0.0124. The highest BCUT2D eigenvalue weighted by molar-refractivity contribution is 5.80. The number of nitrogen functional groups attached to an aromatic ring is 1. The van der Waals surface area contributed by atoms with Crippen LogP contribution in [0, 0.1) is 5.92 Å². The van der Waals surface area contributed by atoms with E-state index in [0.29, 0.717) is 6.04 Å². The molecule has 2 aromatic rings. The van der Waals surface area contributed by atoms with Crippen LogP contribution >= 0.6 is 0 Å². The van der Waals surface area contributed by atoms with Crippen molar-refractivity contribution in [1.29, 1.82) is 0 Å². The molecule has 4 nitrogen and oxygen atoms in total. The molecule has 0 amide bonds. The molecule has 1 heterocycles. The fraction of sp³-hybridized carbons (Fsp3) is 0.462. The van der Waals surface area contributed by atoms with Crippen LogP contribution in [-0.4, -0.2) is 14.7 Å². The Morgan fingerprint density at radius 2 is 2.35 bits per heavy atom. The van der Waals surface area contributed by atoms with Crippen molar-refractivity contribution in [3.05, 3.63) is 24.0 Å². The van der Waals surface area contributed by atoms with Crippen molar-refractivity contribution < 1.29 is 5.11 Å². The van der Waals surface area contributed by atoms with Gasteiger partial charge in [0.2, 0.25) is 0 Å². The lowest BCUT2D eigenvalue weighted by molar-refractivity contribution is 0.265. The van der Waals surface area contributed by atoms with E-state index in [4.69, 9.17) is 5.73 Å². The van der Waals surface area contributed by atoms with Gasteiger partial charge in [0.25, 0.3) is 0 Å². The third-order valence-electron chi connectivity index (χ3n) is 3.67. The Labute approximate surface area is 100 Å². The molecule has 0 spiro atoms. The van der Waals surface area contributed by atoms with Gasteiger partial charge in [-0.05, 0) is 30.5 Å². The summed E-state index contributed by atoms with van der Waals surface area (Å²) in [5, 5.41) is 9.41. The summed E-state index contributed by atoms with van der Waals surface area (Å²) < 4.78 is 2.18. The SMILES string of the molecule is CCC1CC1n1c(CO)nc2cc(N)ccc21. The van der Waals surface area contributed by atoms with E-state index in [1.165, 1.54) is 12.8 Å². The summed E-state index contributed by atoms with van der Waals surface area (Å²) in [7, 11) is 0. The number of aromatic nitrogens is 2. The number of hydrogen-bond acceptors (Lipinski definition) is 3. The van der Waals surface area contributed by atoms with Gasteiger partial charge < -0.3 is 15.4 Å². The summed E-state index contributed by atoms with van der Waals surface area (Å²) >= 11 is 0. The van der Waals surface area contributed by atoms with E-state index in [1.807, 2.05) is 18.2 Å². The molecule has 1 aliphatic carbocycles. The van der Waals surface area contributed by atoms with E-state index in [9.17, 15) is 5.11 Å². The van der Waals surface area contributed by atoms with Gasteiger partial charge in [0, 0.05) is 11.7 Å². The molecular weight excluding hydrogens is 214 g/mol. The molecule has 1 aromatic heterocycles. The Bertz CT molecular complexity index is 561. The highest BCUT2D eigenvalue weighted by atomic mass is 16.3. The molecule has 0 radical (unpaired) electrons. The van der Waals surface area contributed by atoms with Gasteiger partial charge in [-0.15, -0.1) is 0 Å². The smallest absolute Gasteiger partial charge is 0.135 e. The van der Waals surface area contributed by atoms with Crippen LogP contribution in [-0.2, 0) is 6.61 Å². The van der Waals surface area contributed by atoms with Gasteiger partial charge in [-0.3, -0.25) is 0 Å². The first kappa shape index (κ1) is 10.6. The predicted molar refractivity (Wildman–Crippen MR) is 67.5 cm³/mol. The number of aliphatic hydroxyl groups excluding tert-OH is 1. The number of imidazole rings is 1. The molecular formula is C13H17N3O. The van der Waals surface area contributed by atoms with Crippen molar-refractivity contribution in [3.8, 4) is 0 Å². The molecule has 0 bridgehead atoms. The van der Waals surface area contributed by atoms with Gasteiger partial charge in [0.05, 0.1) is 11.0 Å². The van der Waals surface area contributed by atoms with E-state index in [-0.39, 0.29) is 6.61 Å². The Morgan fingerprint density at radius 3 is 3.00 bits per heavy atom. The standard InChI is InChI=1S/C13H17N3O/c1-2-8-5-12(8)16-11-4-3-9(14)6-10(11)15-13(16)7-17/h3-4,6,8,12,17H,2,5,7,14H2,1H3. The topological polar surface area (TPSA) is 64.1 Å². The van der Waals surface area contributed by atoms with Crippen LogP contribution in [0.5, 0.6) is 0 Å². The Kier molecular flexibility index (Phi) is 2.33. The highest BCUT2D eigenvalue weighted by Crippen LogP contribution is 2.47. The van der Waals surface area contributed by atoms with Crippen molar-refractivity contribution in [3.63, 3.8) is 0 Å². The van der Waals surface area contributed by atoms with Gasteiger partial charge >= 0.3 is 0 Å². The maximum absolute atomic E-state index is 9.41. The Morgan fingerprint density at radius 1 is 1.53 bits per heavy atom. The second kappa shape index (κ2) is 3.74. The van der Waals surface area contributed by atoms with Gasteiger partial charge in [0.15, 0.2) is 0 Å². The molecule has 2 unspecified atom stereocenters. The maximum Gasteiger partial charge on any atom is 0.135 e. The number of rotatable bonds is 3. The molecule has 1 aromatic carbocycles. The van der Waals surface area contributed by atoms with Crippen LogP contribution < -0.4 is 5.73 Å². The molecule has 2 atom stereocenters. The first-order valence-corrected chi connectivity index (χ1v) is 6.11. The zero-order valence-electron chi connectivity index (χ0n) is 9.93. The quantitative estimate of drug-likeness (QED) is 0.795. The zero-order valence-corrected chi connectivity index (χ0v) is 9.93. The molecule has 4 heteroatoms. The number of hydrogen-bond donors (Lipinski definition) is 2. The molecule has 1 saturated carbocycles. The highest BCUT2D eigenvalue weighted by Gasteiger charge is 2.39. The maximum atomic E-state index is 9.41. The molecule has 3 N–H and O–H groups in total. The third kappa shape index (κ3) is 1.60. The van der Waals surface area contributed by atoms with Crippen LogP contribution in [0.3, 0.4) is 0 Å². The van der Waals surface area contributed by atoms with Crippen molar-refractivity contribution in [2.24, 2.45) is 5.92 Å². The van der Waals surface area contributed by atoms with Gasteiger partial charge in [-0.2, -0.15) is 0 Å². The summed E-state index contributed by atoms with van der Waals surface area (Å²) in [6, 6.07) is 6.28. The first-order chi connectivity index (χ1) is 8.24. The molecule has 3 rings (SSSR count). The minimum absolute atomic E-state index is 0.0124. The van der Waals surface area contributed by atoms with Gasteiger partial charge in [0.1, 0.15) is 12.4 Å². The van der Waals surface area contributed by atoms with Crippen molar-refractivity contribution in [1.82, 2.24) is 9.55 Å². The van der Waals surface area contributed by atoms with Crippen LogP contribution in [0.15, 0.2) is 18.2 Å². The lowest BCUT2D eigenvalue weighted by Crippen LogP contribution is -2.02. The average Bonchev–Trinajstić information content (AvgIpc) is 3.02. The number of anilines is 1. The number of benzene rings is 1. The molecule has 0 saturated heterocycles. The second-order valence-electron chi connectivity index (χ2n) is 4.78. The summed E-state index contributed by atoms with van der Waals surface area (Å²) in [5.41, 5.74) is 8.45. The largest absolute Gasteiger partial charge is 0.399 e. The number of fused-ring (bicyclic) bond motifs is 1. The summed E-state index contributed by atoms with van der Waals surface area (Å²) in [6.07, 6.45) is 2.38. The second-order valence-corrected chi connectivity index (χ2v) is 4.78. The number of nitrogens with two attached hydrogens (primary N) is 1. The zero-order chi connectivity index (χ0) is 12.0. The number of aliphatic hydroxyl groups is 1. The van der Waals surface area contributed by atoms with E-state index < -0.39 is 0 Å². The van der Waals surface area contributed by atoms with Crippen molar-refractivity contribution >= 4 is 16.7 Å². The Balaban J connectivity index is 2.14. The van der Waals surface area contributed by atoms with E-state index in [1.54, 1.807) is 0 Å². The molecule has 90 valence electrons. The van der Waals surface area contributed by atoms with E-state index >= 15 is 0 Å². The fourth-order valence-corrected chi connectivity index (χ4v) is 2.63. The van der Waals surface area contributed by atoms with E-state index in [0.717, 1.165) is 28.5 Å². The lowest BCUT2D eigenvalue weighted by atomic mass is 10.2. The first-order valence-electron chi connectivity index (χ1n) is 6.11. The van der Waals surface area contributed by atoms with Gasteiger partial charge in [-0.25, -0.2) is 4.98 Å². The monoisotopic (exact) mass is 231 g/mol. The normalized spacial score (nSPS) is 23.2. The molecule has 1 aliphatic rings. The molecule has 1 fully saturated rings. The summed E-state index contributed by atoms with van der Waals surface area (Å²) in [6.45, 7) is 2.20. The predicted octanol–water partition coefficient (Wildman–Crippen LogP) is 2.08. The number of nitrogens with zero attached hydrogens (tertiary/aromatic N) is 2. The van der Waals surface area contributed by atoms with Crippen molar-refractivity contribution in [2.45, 2.75) is 32.4 Å². The molecule has 0 aliphatic heterocycles. The van der Waals surface area contributed by atoms with Gasteiger partial charge in [-0.1, -0.05) is 13.3 Å². The average molecular weight is 231 g/mol. The van der Waals surface area contributed by atoms with E-state index in [2.05, 4.69) is 16.5 Å². The summed E-state index contributed by atoms with van der Waals surface area (Å²) in [5.74, 6) is 1.49. The lowest BCUT2D eigenvalue weighted by Gasteiger charge is -2.06. The molecule has 17 heavy (non-hydrogen) atoms. The summed E-state index contributed by atoms with van der Waals surface area (Å²) in [4.78, 5) is 4.45. The van der Waals surface area contributed by atoms with Crippen LogP contribution in [0.25, 0.3) is 11.0 Å². The minimum Gasteiger partial charge on any atom is -0.399 e. The van der Waals surface area contributed by atoms with Crippen molar-refractivity contribution in [2.75, 3.05) is 5.73 Å². The van der Waals surface area contributed by atoms with Crippen LogP contribution in [0.1, 0.15) is 31.6 Å². The van der Waals surface area contributed by atoms with Crippen LogP contribution in [0.4, 0.5) is 5.69 Å². The Hall–Kier alpha value is -1.55.